The fourth-order valence-electron chi connectivity index (χ4n) is 1.78. The molecule has 0 amide bonds. The Labute approximate surface area is 127 Å². The summed E-state index contributed by atoms with van der Waals surface area (Å²) in [5.41, 5.74) is 6.82. The van der Waals surface area contributed by atoms with Crippen molar-refractivity contribution in [1.82, 2.24) is 0 Å². The minimum atomic E-state index is 0.0619. The molecule has 1 aromatic carbocycles. The number of ether oxygens (including phenoxy) is 2. The molecule has 0 aromatic heterocycles. The van der Waals surface area contributed by atoms with Crippen molar-refractivity contribution in [2.24, 2.45) is 15.7 Å². The van der Waals surface area contributed by atoms with E-state index in [1.165, 1.54) is 6.08 Å². The fraction of sp³-hybridized carbons (Fsp3) is 0.214. The smallest absolute Gasteiger partial charge is 0.176 e. The van der Waals surface area contributed by atoms with Crippen LogP contribution in [0, 0.1) is 5.41 Å². The molecule has 1 aliphatic rings. The molecule has 6 nitrogen and oxygen atoms in total. The monoisotopic (exact) mass is 306 g/mol. The minimum absolute atomic E-state index is 0.0619. The maximum atomic E-state index is 7.83. The van der Waals surface area contributed by atoms with Crippen LogP contribution in [0.3, 0.4) is 0 Å². The van der Waals surface area contributed by atoms with Crippen molar-refractivity contribution in [2.75, 3.05) is 14.2 Å². The van der Waals surface area contributed by atoms with Crippen LogP contribution in [-0.4, -0.2) is 30.9 Å². The van der Waals surface area contributed by atoms with Crippen LogP contribution in [0.15, 0.2) is 40.0 Å². The minimum Gasteiger partial charge on any atom is -0.497 e. The quantitative estimate of drug-likeness (QED) is 0.892. The fourth-order valence-corrected chi connectivity index (χ4v) is 1.97. The lowest BCUT2D eigenvalue weighted by Gasteiger charge is -2.11. The third-order valence-electron chi connectivity index (χ3n) is 2.89. The molecule has 0 unspecified atom stereocenters. The highest BCUT2D eigenvalue weighted by molar-refractivity contribution is 6.72. The Morgan fingerprint density at radius 2 is 2.10 bits per heavy atom. The highest BCUT2D eigenvalue weighted by atomic mass is 35.5. The number of aliphatic imine (C=N–C) groups is 2. The summed E-state index contributed by atoms with van der Waals surface area (Å²) in [4.78, 5) is 8.28. The van der Waals surface area contributed by atoms with Gasteiger partial charge in [0, 0.05) is 17.7 Å². The standard InChI is InChI=1S/C14H15ClN4O2/c1-20-9-4-3-8(11(5-9)21-2)7-18-14-13(17)10(16)6-12(15)19-14/h3-6,17H,7,16H2,1-2H3. The van der Waals surface area contributed by atoms with Gasteiger partial charge >= 0.3 is 0 Å². The zero-order chi connectivity index (χ0) is 15.4. The first-order valence-corrected chi connectivity index (χ1v) is 6.49. The number of nitrogens with two attached hydrogens (primary N) is 1. The number of dihydropyridines is 1. The van der Waals surface area contributed by atoms with E-state index in [0.29, 0.717) is 18.0 Å². The van der Waals surface area contributed by atoms with Gasteiger partial charge in [-0.15, -0.1) is 0 Å². The lowest BCUT2D eigenvalue weighted by molar-refractivity contribution is 0.391. The van der Waals surface area contributed by atoms with Crippen LogP contribution in [0.1, 0.15) is 5.56 Å². The van der Waals surface area contributed by atoms with Crippen LogP contribution in [0.4, 0.5) is 0 Å². The molecule has 21 heavy (non-hydrogen) atoms. The summed E-state index contributed by atoms with van der Waals surface area (Å²) in [6.45, 7) is 0.297. The lowest BCUT2D eigenvalue weighted by Crippen LogP contribution is -2.24. The van der Waals surface area contributed by atoms with Gasteiger partial charge in [0.05, 0.1) is 26.5 Å². The highest BCUT2D eigenvalue weighted by Gasteiger charge is 2.15. The van der Waals surface area contributed by atoms with E-state index in [0.717, 1.165) is 5.56 Å². The van der Waals surface area contributed by atoms with Gasteiger partial charge in [-0.05, 0) is 12.1 Å². The Hall–Kier alpha value is -2.34. The first-order chi connectivity index (χ1) is 10.0. The first kappa shape index (κ1) is 15.1. The Bertz CT molecular complexity index is 665. The third-order valence-corrected chi connectivity index (χ3v) is 3.09. The van der Waals surface area contributed by atoms with Gasteiger partial charge in [0.1, 0.15) is 22.4 Å². The predicted molar refractivity (Wildman–Crippen MR) is 84.0 cm³/mol. The Balaban J connectivity index is 2.25. The van der Waals surface area contributed by atoms with E-state index >= 15 is 0 Å². The van der Waals surface area contributed by atoms with Crippen molar-refractivity contribution in [3.63, 3.8) is 0 Å². The molecule has 0 saturated heterocycles. The van der Waals surface area contributed by atoms with E-state index in [-0.39, 0.29) is 22.4 Å². The molecule has 110 valence electrons. The third kappa shape index (κ3) is 3.41. The van der Waals surface area contributed by atoms with Crippen molar-refractivity contribution < 1.29 is 9.47 Å². The molecule has 0 saturated carbocycles. The first-order valence-electron chi connectivity index (χ1n) is 6.11. The van der Waals surface area contributed by atoms with Crippen LogP contribution < -0.4 is 15.2 Å². The summed E-state index contributed by atoms with van der Waals surface area (Å²) in [7, 11) is 3.16. The van der Waals surface area contributed by atoms with Gasteiger partial charge in [0.25, 0.3) is 0 Å². The van der Waals surface area contributed by atoms with Gasteiger partial charge in [0.2, 0.25) is 0 Å². The molecular weight excluding hydrogens is 292 g/mol. The number of allylic oxidation sites excluding steroid dienone is 1. The van der Waals surface area contributed by atoms with Crippen LogP contribution in [0.25, 0.3) is 0 Å². The van der Waals surface area contributed by atoms with Crippen molar-refractivity contribution in [2.45, 2.75) is 6.54 Å². The maximum Gasteiger partial charge on any atom is 0.176 e. The second-order valence-electron chi connectivity index (χ2n) is 4.23. The zero-order valence-electron chi connectivity index (χ0n) is 11.7. The van der Waals surface area contributed by atoms with Gasteiger partial charge in [0.15, 0.2) is 5.84 Å². The van der Waals surface area contributed by atoms with Crippen molar-refractivity contribution in [3.05, 3.63) is 35.5 Å². The Morgan fingerprint density at radius 3 is 2.76 bits per heavy atom. The summed E-state index contributed by atoms with van der Waals surface area (Å²) in [5, 5.41) is 8.04. The van der Waals surface area contributed by atoms with Crippen molar-refractivity contribution in [1.29, 1.82) is 5.41 Å². The number of nitrogens with one attached hydrogen (secondary N) is 1. The van der Waals surface area contributed by atoms with E-state index in [9.17, 15) is 0 Å². The number of hydrogen-bond donors (Lipinski definition) is 2. The van der Waals surface area contributed by atoms with Gasteiger partial charge in [-0.2, -0.15) is 0 Å². The van der Waals surface area contributed by atoms with E-state index in [1.807, 2.05) is 12.1 Å². The van der Waals surface area contributed by atoms with Crippen molar-refractivity contribution in [3.8, 4) is 11.5 Å². The Morgan fingerprint density at radius 1 is 1.33 bits per heavy atom. The summed E-state index contributed by atoms with van der Waals surface area (Å²) >= 11 is 5.83. The average molecular weight is 307 g/mol. The van der Waals surface area contributed by atoms with E-state index < -0.39 is 0 Å². The molecule has 1 aliphatic heterocycles. The van der Waals surface area contributed by atoms with Gasteiger partial charge in [-0.1, -0.05) is 11.6 Å². The average Bonchev–Trinajstić information content (AvgIpc) is 2.49. The van der Waals surface area contributed by atoms with Crippen LogP contribution in [0.2, 0.25) is 0 Å². The molecule has 7 heteroatoms. The SMILES string of the molecule is COc1ccc(CN=C2N=C(Cl)C=C(N)C2=N)c(OC)c1. The summed E-state index contributed by atoms with van der Waals surface area (Å²) in [6, 6.07) is 5.43. The molecule has 0 fully saturated rings. The molecular formula is C14H15ClN4O2. The topological polar surface area (TPSA) is 93.0 Å². The summed E-state index contributed by atoms with van der Waals surface area (Å²) < 4.78 is 10.4. The second-order valence-corrected chi connectivity index (χ2v) is 4.61. The largest absolute Gasteiger partial charge is 0.497 e. The molecule has 1 heterocycles. The van der Waals surface area contributed by atoms with Gasteiger partial charge in [-0.3, -0.25) is 10.4 Å². The van der Waals surface area contributed by atoms with Crippen LogP contribution in [-0.2, 0) is 6.54 Å². The highest BCUT2D eigenvalue weighted by Crippen LogP contribution is 2.25. The number of halogens is 1. The second kappa shape index (κ2) is 6.41. The number of hydrogen-bond acceptors (Lipinski definition) is 5. The van der Waals surface area contributed by atoms with E-state index in [4.69, 9.17) is 32.2 Å². The molecule has 0 atom stereocenters. The van der Waals surface area contributed by atoms with E-state index in [1.54, 1.807) is 20.3 Å². The van der Waals surface area contributed by atoms with E-state index in [2.05, 4.69) is 9.98 Å². The summed E-state index contributed by atoms with van der Waals surface area (Å²) in [6.07, 6.45) is 1.43. The molecule has 3 N–H and O–H groups in total. The maximum absolute atomic E-state index is 7.83. The number of amidine groups is 1. The van der Waals surface area contributed by atoms with Gasteiger partial charge in [-0.25, -0.2) is 4.99 Å². The zero-order valence-corrected chi connectivity index (χ0v) is 12.4. The number of benzene rings is 1. The number of nitrogens with zero attached hydrogens (tertiary/aromatic N) is 2. The normalized spacial score (nSPS) is 16.5. The molecule has 1 aromatic rings. The molecule has 0 aliphatic carbocycles. The number of methoxy groups -OCH3 is 2. The molecule has 0 bridgehead atoms. The molecule has 0 spiro atoms. The molecule has 0 radical (unpaired) electrons. The van der Waals surface area contributed by atoms with Crippen molar-refractivity contribution >= 4 is 28.3 Å². The predicted octanol–water partition coefficient (Wildman–Crippen LogP) is 2.12. The Kier molecular flexibility index (Phi) is 4.59. The molecule has 2 rings (SSSR count). The van der Waals surface area contributed by atoms with Crippen LogP contribution in [0.5, 0.6) is 11.5 Å². The van der Waals surface area contributed by atoms with Gasteiger partial charge < -0.3 is 15.2 Å². The number of rotatable bonds is 4. The summed E-state index contributed by atoms with van der Waals surface area (Å²) in [5.74, 6) is 1.56. The lowest BCUT2D eigenvalue weighted by atomic mass is 10.2. The van der Waals surface area contributed by atoms with Crippen LogP contribution >= 0.6 is 11.6 Å².